The van der Waals surface area contributed by atoms with Crippen molar-refractivity contribution in [3.05, 3.63) is 28.2 Å². The van der Waals surface area contributed by atoms with E-state index in [4.69, 9.17) is 5.73 Å². The summed E-state index contributed by atoms with van der Waals surface area (Å²) in [5.41, 5.74) is 7.17. The number of hydrogen-bond acceptors (Lipinski definition) is 4. The molecule has 1 rings (SSSR count). The molecule has 0 spiro atoms. The van der Waals surface area contributed by atoms with Crippen molar-refractivity contribution in [1.82, 2.24) is 5.43 Å². The van der Waals surface area contributed by atoms with Gasteiger partial charge in [-0.3, -0.25) is 0 Å². The van der Waals surface area contributed by atoms with Gasteiger partial charge in [0.2, 0.25) is 0 Å². The van der Waals surface area contributed by atoms with Crippen LogP contribution in [0.15, 0.2) is 32.7 Å². The number of hydrazone groups is 1. The van der Waals surface area contributed by atoms with E-state index in [0.29, 0.717) is 10.0 Å². The van der Waals surface area contributed by atoms with Crippen LogP contribution in [0.3, 0.4) is 0 Å². The van der Waals surface area contributed by atoms with Gasteiger partial charge in [-0.2, -0.15) is 5.10 Å². The summed E-state index contributed by atoms with van der Waals surface area (Å²) in [7, 11) is -3.37. The van der Waals surface area contributed by atoms with Crippen molar-refractivity contribution in [2.45, 2.75) is 4.90 Å². The van der Waals surface area contributed by atoms with Gasteiger partial charge in [0.25, 0.3) is 0 Å². The van der Waals surface area contributed by atoms with Gasteiger partial charge < -0.3 is 5.73 Å². The molecule has 0 atom stereocenters. The normalized spacial score (nSPS) is 11.6. The van der Waals surface area contributed by atoms with Gasteiger partial charge in [-0.15, -0.1) is 0 Å². The van der Waals surface area contributed by atoms with Gasteiger partial charge in [-0.1, -0.05) is 22.0 Å². The fraction of sp³-hybridized carbons (Fsp3) is 0.111. The highest BCUT2D eigenvalue weighted by Gasteiger charge is 2.12. The Bertz CT molecular complexity index is 569. The van der Waals surface area contributed by atoms with Crippen LogP contribution in [-0.4, -0.2) is 26.9 Å². The zero-order valence-electron chi connectivity index (χ0n) is 8.84. The lowest BCUT2D eigenvalue weighted by Crippen LogP contribution is -2.24. The van der Waals surface area contributed by atoms with Gasteiger partial charge in [-0.05, 0) is 12.1 Å². The van der Waals surface area contributed by atoms with Crippen LogP contribution in [0.4, 0.5) is 4.79 Å². The first kappa shape index (κ1) is 13.7. The van der Waals surface area contributed by atoms with Crippen LogP contribution < -0.4 is 11.2 Å². The van der Waals surface area contributed by atoms with E-state index in [1.165, 1.54) is 12.3 Å². The van der Waals surface area contributed by atoms with Gasteiger partial charge in [0.05, 0.1) is 11.1 Å². The van der Waals surface area contributed by atoms with Crippen LogP contribution in [0.2, 0.25) is 0 Å². The maximum atomic E-state index is 11.5. The van der Waals surface area contributed by atoms with Crippen LogP contribution in [0.1, 0.15) is 5.56 Å². The molecule has 0 aliphatic heterocycles. The van der Waals surface area contributed by atoms with Crippen LogP contribution >= 0.6 is 15.9 Å². The quantitative estimate of drug-likeness (QED) is 0.638. The van der Waals surface area contributed by atoms with E-state index in [2.05, 4.69) is 21.0 Å². The highest BCUT2D eigenvalue weighted by molar-refractivity contribution is 9.10. The largest absolute Gasteiger partial charge is 0.350 e. The molecule has 1 aromatic rings. The fourth-order valence-corrected chi connectivity index (χ4v) is 2.50. The van der Waals surface area contributed by atoms with Crippen molar-refractivity contribution >= 4 is 38.0 Å². The molecule has 0 unspecified atom stereocenters. The molecule has 0 aromatic heterocycles. The Morgan fingerprint density at radius 1 is 1.53 bits per heavy atom. The minimum atomic E-state index is -3.37. The van der Waals surface area contributed by atoms with E-state index in [1.54, 1.807) is 12.1 Å². The predicted molar refractivity (Wildman–Crippen MR) is 67.6 cm³/mol. The highest BCUT2D eigenvalue weighted by atomic mass is 79.9. The first-order valence-corrected chi connectivity index (χ1v) is 7.07. The summed E-state index contributed by atoms with van der Waals surface area (Å²) in [5, 5.41) is 3.52. The zero-order valence-corrected chi connectivity index (χ0v) is 11.2. The van der Waals surface area contributed by atoms with Crippen LogP contribution in [0, 0.1) is 0 Å². The second kappa shape index (κ2) is 5.28. The van der Waals surface area contributed by atoms with E-state index in [0.717, 1.165) is 6.26 Å². The lowest BCUT2D eigenvalue weighted by atomic mass is 10.2. The third kappa shape index (κ3) is 4.16. The summed E-state index contributed by atoms with van der Waals surface area (Å²) in [5.74, 6) is 0. The predicted octanol–water partition coefficient (Wildman–Crippen LogP) is 0.855. The molecule has 0 fully saturated rings. The number of sulfone groups is 1. The highest BCUT2D eigenvalue weighted by Crippen LogP contribution is 2.19. The maximum absolute atomic E-state index is 11.5. The SMILES string of the molecule is CS(=O)(=O)c1cc(Br)ccc1C=NNC(N)=O. The molecule has 1 aromatic carbocycles. The molecule has 0 bridgehead atoms. The molecule has 3 N–H and O–H groups in total. The summed E-state index contributed by atoms with van der Waals surface area (Å²) < 4.78 is 23.7. The molecule has 8 heteroatoms. The minimum Gasteiger partial charge on any atom is -0.350 e. The standard InChI is InChI=1S/C9H10BrN3O3S/c1-17(15,16)8-4-7(10)3-2-6(8)5-12-13-9(11)14/h2-5H,1H3,(H3,11,13,14). The van der Waals surface area contributed by atoms with Crippen molar-refractivity contribution in [1.29, 1.82) is 0 Å². The average molecular weight is 320 g/mol. The molecule has 92 valence electrons. The first-order chi connectivity index (χ1) is 7.80. The Hall–Kier alpha value is -1.41. The van der Waals surface area contributed by atoms with E-state index in [9.17, 15) is 13.2 Å². The van der Waals surface area contributed by atoms with Crippen molar-refractivity contribution in [2.24, 2.45) is 10.8 Å². The molecule has 0 aliphatic carbocycles. The number of amides is 2. The molecular formula is C9H10BrN3O3S. The molecule has 6 nitrogen and oxygen atoms in total. The van der Waals surface area contributed by atoms with Gasteiger partial charge in [0, 0.05) is 16.3 Å². The van der Waals surface area contributed by atoms with Crippen molar-refractivity contribution in [2.75, 3.05) is 6.26 Å². The molecule has 2 amide bonds. The Morgan fingerprint density at radius 2 is 2.18 bits per heavy atom. The van der Waals surface area contributed by atoms with Crippen LogP contribution in [0.25, 0.3) is 0 Å². The monoisotopic (exact) mass is 319 g/mol. The number of carbonyl (C=O) groups is 1. The molecule has 0 aliphatic rings. The number of nitrogens with zero attached hydrogens (tertiary/aromatic N) is 1. The van der Waals surface area contributed by atoms with E-state index in [1.807, 2.05) is 5.43 Å². The molecule has 17 heavy (non-hydrogen) atoms. The molecule has 0 saturated carbocycles. The van der Waals surface area contributed by atoms with Crippen molar-refractivity contribution < 1.29 is 13.2 Å². The number of rotatable bonds is 3. The second-order valence-corrected chi connectivity index (χ2v) is 6.09. The minimum absolute atomic E-state index is 0.113. The number of halogens is 1. The Balaban J connectivity index is 3.16. The number of hydrogen-bond donors (Lipinski definition) is 2. The summed E-state index contributed by atoms with van der Waals surface area (Å²) in [4.78, 5) is 10.5. The van der Waals surface area contributed by atoms with E-state index < -0.39 is 15.9 Å². The van der Waals surface area contributed by atoms with E-state index in [-0.39, 0.29) is 4.90 Å². The molecule has 0 saturated heterocycles. The fourth-order valence-electron chi connectivity index (χ4n) is 1.10. The molecule has 0 radical (unpaired) electrons. The van der Waals surface area contributed by atoms with Crippen LogP contribution in [0.5, 0.6) is 0 Å². The third-order valence-electron chi connectivity index (χ3n) is 1.75. The number of urea groups is 1. The van der Waals surface area contributed by atoms with Gasteiger partial charge in [-0.25, -0.2) is 18.6 Å². The topological polar surface area (TPSA) is 102 Å². The smallest absolute Gasteiger partial charge is 0.332 e. The van der Waals surface area contributed by atoms with Gasteiger partial charge in [0.15, 0.2) is 9.84 Å². The van der Waals surface area contributed by atoms with Gasteiger partial charge >= 0.3 is 6.03 Å². The molecule has 0 heterocycles. The summed E-state index contributed by atoms with van der Waals surface area (Å²) in [6.45, 7) is 0. The van der Waals surface area contributed by atoms with Crippen LogP contribution in [-0.2, 0) is 9.84 Å². The average Bonchev–Trinajstić information content (AvgIpc) is 2.18. The molecular weight excluding hydrogens is 310 g/mol. The van der Waals surface area contributed by atoms with Crippen molar-refractivity contribution in [3.8, 4) is 0 Å². The number of nitrogens with one attached hydrogen (secondary N) is 1. The summed E-state index contributed by atoms with van der Waals surface area (Å²) in [6, 6.07) is 3.87. The van der Waals surface area contributed by atoms with Crippen molar-refractivity contribution in [3.63, 3.8) is 0 Å². The number of primary amides is 1. The lowest BCUT2D eigenvalue weighted by Gasteiger charge is -2.03. The Labute approximate surface area is 107 Å². The number of carbonyl (C=O) groups excluding carboxylic acids is 1. The van der Waals surface area contributed by atoms with Gasteiger partial charge in [0.1, 0.15) is 0 Å². The number of nitrogens with two attached hydrogens (primary N) is 1. The second-order valence-electron chi connectivity index (χ2n) is 3.19. The first-order valence-electron chi connectivity index (χ1n) is 4.39. The Kier molecular flexibility index (Phi) is 4.24. The maximum Gasteiger partial charge on any atom is 0.332 e. The summed E-state index contributed by atoms with van der Waals surface area (Å²) in [6.07, 6.45) is 2.31. The number of benzene rings is 1. The Morgan fingerprint density at radius 3 is 2.71 bits per heavy atom. The van der Waals surface area contributed by atoms with E-state index >= 15 is 0 Å². The third-order valence-corrected chi connectivity index (χ3v) is 3.40. The lowest BCUT2D eigenvalue weighted by molar-refractivity contribution is 0.249. The summed E-state index contributed by atoms with van der Waals surface area (Å²) >= 11 is 3.18. The zero-order chi connectivity index (χ0) is 13.1.